The average molecular weight is 491 g/mol. The number of benzene rings is 1. The van der Waals surface area contributed by atoms with E-state index in [0.29, 0.717) is 45.0 Å². The van der Waals surface area contributed by atoms with Crippen molar-refractivity contribution in [3.8, 4) is 0 Å². The maximum absolute atomic E-state index is 13.4. The number of ether oxygens (including phenoxy) is 1. The number of aromatic nitrogens is 2. The maximum Gasteiger partial charge on any atom is 0.416 e. The summed E-state index contributed by atoms with van der Waals surface area (Å²) in [6, 6.07) is 3.70. The second-order valence-electron chi connectivity index (χ2n) is 9.17. The second-order valence-corrected chi connectivity index (χ2v) is 9.17. The van der Waals surface area contributed by atoms with E-state index >= 15 is 0 Å². The van der Waals surface area contributed by atoms with Gasteiger partial charge in [0.1, 0.15) is 5.82 Å². The summed E-state index contributed by atoms with van der Waals surface area (Å²) in [5.41, 5.74) is 0.663. The Balaban J connectivity index is 1.36. The summed E-state index contributed by atoms with van der Waals surface area (Å²) in [5, 5.41) is 3.05. The number of carbonyl (C=O) groups excluding carboxylic acids is 1. The number of rotatable bonds is 5. The van der Waals surface area contributed by atoms with Gasteiger partial charge in [0.25, 0.3) is 0 Å². The number of hydrogen-bond acceptors (Lipinski definition) is 7. The van der Waals surface area contributed by atoms with E-state index in [0.717, 1.165) is 37.2 Å². The van der Waals surface area contributed by atoms with Crippen LogP contribution in [0.5, 0.6) is 0 Å². The van der Waals surface area contributed by atoms with Crippen LogP contribution in [0.2, 0.25) is 0 Å². The van der Waals surface area contributed by atoms with E-state index in [1.165, 1.54) is 6.07 Å². The van der Waals surface area contributed by atoms with Gasteiger partial charge in [0.2, 0.25) is 5.91 Å². The van der Waals surface area contributed by atoms with E-state index in [1.54, 1.807) is 24.7 Å². The number of alkyl halides is 3. The zero-order valence-corrected chi connectivity index (χ0v) is 19.4. The molecule has 2 saturated heterocycles. The summed E-state index contributed by atoms with van der Waals surface area (Å²) < 4.78 is 45.6. The first-order valence-corrected chi connectivity index (χ1v) is 12.0. The summed E-state index contributed by atoms with van der Waals surface area (Å²) in [6.45, 7) is 6.00. The molecule has 35 heavy (non-hydrogen) atoms. The van der Waals surface area contributed by atoms with Crippen LogP contribution in [0.1, 0.15) is 11.1 Å². The van der Waals surface area contributed by atoms with Crippen molar-refractivity contribution < 1.29 is 22.7 Å². The third-order valence-electron chi connectivity index (χ3n) is 7.08. The fourth-order valence-corrected chi connectivity index (χ4v) is 5.26. The summed E-state index contributed by atoms with van der Waals surface area (Å²) in [7, 11) is 0. The highest BCUT2D eigenvalue weighted by atomic mass is 19.4. The van der Waals surface area contributed by atoms with Crippen molar-refractivity contribution in [3.05, 3.63) is 47.9 Å². The third-order valence-corrected chi connectivity index (χ3v) is 7.08. The predicted octanol–water partition coefficient (Wildman–Crippen LogP) is 1.81. The van der Waals surface area contributed by atoms with Crippen LogP contribution in [0.25, 0.3) is 0 Å². The van der Waals surface area contributed by atoms with Crippen LogP contribution in [-0.2, 0) is 22.1 Å². The van der Waals surface area contributed by atoms with E-state index < -0.39 is 17.7 Å². The summed E-state index contributed by atoms with van der Waals surface area (Å²) in [6.07, 6.45) is 0.774. The van der Waals surface area contributed by atoms with Crippen LogP contribution >= 0.6 is 0 Å². The van der Waals surface area contributed by atoms with E-state index in [2.05, 4.69) is 30.0 Å². The van der Waals surface area contributed by atoms with Crippen molar-refractivity contribution in [2.75, 3.05) is 68.8 Å². The van der Waals surface area contributed by atoms with Gasteiger partial charge in [-0.2, -0.15) is 13.2 Å². The molecule has 3 aliphatic heterocycles. The number of nitrogens with one attached hydrogen (secondary N) is 1. The average Bonchev–Trinajstić information content (AvgIpc) is 2.88. The molecule has 188 valence electrons. The number of piperazine rings is 1. The van der Waals surface area contributed by atoms with Crippen molar-refractivity contribution in [3.63, 3.8) is 0 Å². The van der Waals surface area contributed by atoms with E-state index in [9.17, 15) is 18.0 Å². The molecule has 0 aliphatic carbocycles. The maximum atomic E-state index is 13.4. The first-order valence-electron chi connectivity index (χ1n) is 12.0. The minimum absolute atomic E-state index is 0.127. The lowest BCUT2D eigenvalue weighted by atomic mass is 9.82. The third kappa shape index (κ3) is 5.20. The van der Waals surface area contributed by atoms with Crippen LogP contribution in [0.3, 0.4) is 0 Å². The molecule has 5 rings (SSSR count). The lowest BCUT2D eigenvalue weighted by molar-refractivity contribution is -0.137. The molecule has 2 unspecified atom stereocenters. The fraction of sp³-hybridized carbons (Fsp3) is 0.542. The SMILES string of the molecule is O=C(NCCN1CCOCC1)C1Cc2cc(C(F)(F)F)ccc2N2CCN(c3cnccn3)CC12. The van der Waals surface area contributed by atoms with Crippen LogP contribution in [-0.4, -0.2) is 85.8 Å². The first-order chi connectivity index (χ1) is 16.9. The molecule has 4 heterocycles. The zero-order chi connectivity index (χ0) is 24.4. The monoisotopic (exact) mass is 490 g/mol. The molecule has 3 aliphatic rings. The van der Waals surface area contributed by atoms with Gasteiger partial charge in [0.05, 0.1) is 36.9 Å². The Bertz CT molecular complexity index is 1030. The van der Waals surface area contributed by atoms with Crippen molar-refractivity contribution in [1.82, 2.24) is 20.2 Å². The van der Waals surface area contributed by atoms with Crippen LogP contribution in [0.15, 0.2) is 36.8 Å². The molecule has 1 amide bonds. The number of fused-ring (bicyclic) bond motifs is 3. The molecule has 0 saturated carbocycles. The molecular weight excluding hydrogens is 461 g/mol. The highest BCUT2D eigenvalue weighted by Crippen LogP contribution is 2.40. The standard InChI is InChI=1S/C24H29F3N6O2/c25-24(26,27)18-1-2-20-17(13-18)14-19(23(34)30-5-6-31-9-11-35-12-10-31)21-16-32(7-8-33(20)21)22-15-28-3-4-29-22/h1-4,13,15,19,21H,5-12,14,16H2,(H,30,34). The number of halogens is 3. The van der Waals surface area contributed by atoms with Crippen LogP contribution < -0.4 is 15.1 Å². The van der Waals surface area contributed by atoms with Gasteiger partial charge in [-0.3, -0.25) is 14.7 Å². The van der Waals surface area contributed by atoms with Crippen LogP contribution in [0, 0.1) is 5.92 Å². The molecule has 2 fully saturated rings. The van der Waals surface area contributed by atoms with Gasteiger partial charge < -0.3 is 19.9 Å². The predicted molar refractivity (Wildman–Crippen MR) is 124 cm³/mol. The Kier molecular flexibility index (Phi) is 6.79. The van der Waals surface area contributed by atoms with Crippen molar-refractivity contribution >= 4 is 17.4 Å². The lowest BCUT2D eigenvalue weighted by Crippen LogP contribution is -2.61. The molecule has 0 spiro atoms. The molecule has 11 heteroatoms. The molecule has 1 aromatic carbocycles. The zero-order valence-electron chi connectivity index (χ0n) is 19.4. The van der Waals surface area contributed by atoms with Gasteiger partial charge in [-0.25, -0.2) is 4.98 Å². The number of carbonyl (C=O) groups is 1. The molecule has 1 aromatic heterocycles. The topological polar surface area (TPSA) is 73.8 Å². The van der Waals surface area contributed by atoms with Crippen molar-refractivity contribution in [2.45, 2.75) is 18.6 Å². The Labute approximate surface area is 202 Å². The van der Waals surface area contributed by atoms with Gasteiger partial charge in [0, 0.05) is 63.9 Å². The van der Waals surface area contributed by atoms with Gasteiger partial charge in [0.15, 0.2) is 0 Å². The normalized spacial score (nSPS) is 22.9. The highest BCUT2D eigenvalue weighted by molar-refractivity contribution is 5.82. The Morgan fingerprint density at radius 2 is 1.97 bits per heavy atom. The summed E-state index contributed by atoms with van der Waals surface area (Å²) in [4.78, 5) is 28.4. The summed E-state index contributed by atoms with van der Waals surface area (Å²) >= 11 is 0. The molecule has 0 bridgehead atoms. The smallest absolute Gasteiger partial charge is 0.379 e. The van der Waals surface area contributed by atoms with Crippen molar-refractivity contribution in [2.24, 2.45) is 5.92 Å². The van der Waals surface area contributed by atoms with Gasteiger partial charge in [-0.15, -0.1) is 0 Å². The number of hydrogen-bond donors (Lipinski definition) is 1. The number of nitrogens with zero attached hydrogens (tertiary/aromatic N) is 5. The number of anilines is 2. The van der Waals surface area contributed by atoms with E-state index in [1.807, 2.05) is 0 Å². The number of morpholine rings is 1. The second kappa shape index (κ2) is 9.98. The lowest BCUT2D eigenvalue weighted by Gasteiger charge is -2.49. The Hall–Kier alpha value is -2.92. The molecule has 1 N–H and O–H groups in total. The quantitative estimate of drug-likeness (QED) is 0.686. The molecule has 8 nitrogen and oxygen atoms in total. The fourth-order valence-electron chi connectivity index (χ4n) is 5.26. The molecule has 0 radical (unpaired) electrons. The summed E-state index contributed by atoms with van der Waals surface area (Å²) in [5.74, 6) is 0.129. The largest absolute Gasteiger partial charge is 0.416 e. The minimum atomic E-state index is -4.42. The molecular formula is C24H29F3N6O2. The minimum Gasteiger partial charge on any atom is -0.379 e. The van der Waals surface area contributed by atoms with Crippen molar-refractivity contribution in [1.29, 1.82) is 0 Å². The highest BCUT2D eigenvalue weighted by Gasteiger charge is 2.43. The molecule has 2 aromatic rings. The van der Waals surface area contributed by atoms with Gasteiger partial charge >= 0.3 is 6.18 Å². The van der Waals surface area contributed by atoms with Gasteiger partial charge in [-0.1, -0.05) is 0 Å². The number of amides is 1. The first kappa shape index (κ1) is 23.8. The van der Waals surface area contributed by atoms with Gasteiger partial charge in [-0.05, 0) is 30.2 Å². The van der Waals surface area contributed by atoms with E-state index in [4.69, 9.17) is 4.74 Å². The Morgan fingerprint density at radius 3 is 2.71 bits per heavy atom. The molecule has 2 atom stereocenters. The van der Waals surface area contributed by atoms with E-state index in [-0.39, 0.29) is 18.4 Å². The Morgan fingerprint density at radius 1 is 1.14 bits per heavy atom. The van der Waals surface area contributed by atoms with Crippen LogP contribution in [0.4, 0.5) is 24.7 Å².